The summed E-state index contributed by atoms with van der Waals surface area (Å²) >= 11 is 1.50. The Labute approximate surface area is 105 Å². The molecule has 1 aromatic carbocycles. The number of nitrogens with one attached hydrogen (secondary N) is 1. The van der Waals surface area contributed by atoms with Crippen molar-refractivity contribution in [1.29, 1.82) is 5.26 Å². The molecule has 0 fully saturated rings. The lowest BCUT2D eigenvalue weighted by Crippen LogP contribution is -2.36. The molecule has 0 radical (unpaired) electrons. The highest BCUT2D eigenvalue weighted by Gasteiger charge is 2.30. The minimum absolute atomic E-state index is 0.147. The first-order valence-corrected chi connectivity index (χ1v) is 6.23. The van der Waals surface area contributed by atoms with Crippen molar-refractivity contribution >= 4 is 23.4 Å². The minimum atomic E-state index is -0.197. The molecule has 88 valence electrons. The molecule has 1 aliphatic heterocycles. The topological polar surface area (TPSA) is 56.1 Å². The fourth-order valence-electron chi connectivity index (χ4n) is 1.80. The monoisotopic (exact) mass is 247 g/mol. The van der Waals surface area contributed by atoms with Gasteiger partial charge in [0.05, 0.1) is 10.9 Å². The summed E-state index contributed by atoms with van der Waals surface area (Å²) in [6.45, 7) is 2.54. The van der Waals surface area contributed by atoms with Gasteiger partial charge >= 0.3 is 0 Å². The van der Waals surface area contributed by atoms with E-state index in [1.165, 1.54) is 16.7 Å². The molecule has 0 aromatic heterocycles. The Hall–Kier alpha value is -1.51. The van der Waals surface area contributed by atoms with E-state index in [1.807, 2.05) is 38.4 Å². The number of nitrogens with zero attached hydrogens (tertiary/aromatic N) is 2. The highest BCUT2D eigenvalue weighted by Crippen LogP contribution is 2.39. The normalized spacial score (nSPS) is 18.8. The number of thioether (sulfide) groups is 1. The van der Waals surface area contributed by atoms with E-state index in [2.05, 4.69) is 5.32 Å². The molecule has 0 spiro atoms. The van der Waals surface area contributed by atoms with Crippen LogP contribution in [0.3, 0.4) is 0 Å². The number of amides is 1. The van der Waals surface area contributed by atoms with E-state index in [9.17, 15) is 4.79 Å². The molecule has 1 heterocycles. The summed E-state index contributed by atoms with van der Waals surface area (Å²) in [5.74, 6) is -0.147. The predicted octanol–water partition coefficient (Wildman–Crippen LogP) is 1.71. The highest BCUT2D eigenvalue weighted by molar-refractivity contribution is 8.01. The zero-order chi connectivity index (χ0) is 12.4. The predicted molar refractivity (Wildman–Crippen MR) is 67.6 cm³/mol. The van der Waals surface area contributed by atoms with Gasteiger partial charge in [0.15, 0.2) is 6.19 Å². The fourth-order valence-corrected chi connectivity index (χ4v) is 2.80. The third kappa shape index (κ3) is 2.14. The van der Waals surface area contributed by atoms with Gasteiger partial charge in [-0.1, -0.05) is 6.07 Å². The number of hydrogen-bond acceptors (Lipinski definition) is 4. The van der Waals surface area contributed by atoms with Crippen LogP contribution in [0.25, 0.3) is 0 Å². The van der Waals surface area contributed by atoms with Crippen LogP contribution in [0, 0.1) is 11.5 Å². The van der Waals surface area contributed by atoms with Crippen LogP contribution in [0.15, 0.2) is 23.1 Å². The summed E-state index contributed by atoms with van der Waals surface area (Å²) in [5.41, 5.74) is 1.77. The maximum atomic E-state index is 11.9. The van der Waals surface area contributed by atoms with Crippen molar-refractivity contribution in [2.75, 3.05) is 11.9 Å². The molecular weight excluding hydrogens is 234 g/mol. The number of anilines is 1. The maximum Gasteiger partial charge on any atom is 0.253 e. The van der Waals surface area contributed by atoms with E-state index >= 15 is 0 Å². The van der Waals surface area contributed by atoms with Crippen LogP contribution in [-0.4, -0.2) is 18.2 Å². The number of benzene rings is 1. The summed E-state index contributed by atoms with van der Waals surface area (Å²) in [6.07, 6.45) is 1.96. The summed E-state index contributed by atoms with van der Waals surface area (Å²) in [7, 11) is 1.86. The van der Waals surface area contributed by atoms with Crippen molar-refractivity contribution in [3.05, 3.63) is 23.8 Å². The average Bonchev–Trinajstić information content (AvgIpc) is 2.32. The van der Waals surface area contributed by atoms with Crippen LogP contribution in [0.1, 0.15) is 12.5 Å². The summed E-state index contributed by atoms with van der Waals surface area (Å²) < 4.78 is 0. The van der Waals surface area contributed by atoms with Crippen LogP contribution in [0.2, 0.25) is 0 Å². The van der Waals surface area contributed by atoms with Crippen molar-refractivity contribution < 1.29 is 4.79 Å². The number of rotatable bonds is 2. The van der Waals surface area contributed by atoms with Gasteiger partial charge in [0.2, 0.25) is 0 Å². The zero-order valence-electron chi connectivity index (χ0n) is 9.73. The molecule has 17 heavy (non-hydrogen) atoms. The van der Waals surface area contributed by atoms with E-state index in [4.69, 9.17) is 5.26 Å². The largest absolute Gasteiger partial charge is 0.316 e. The van der Waals surface area contributed by atoms with E-state index in [0.717, 1.165) is 17.0 Å². The van der Waals surface area contributed by atoms with Crippen molar-refractivity contribution in [1.82, 2.24) is 5.32 Å². The number of nitriles is 1. The Morgan fingerprint density at radius 2 is 2.35 bits per heavy atom. The third-order valence-electron chi connectivity index (χ3n) is 2.62. The first-order valence-electron chi connectivity index (χ1n) is 5.35. The molecule has 0 bridgehead atoms. The molecule has 1 amide bonds. The van der Waals surface area contributed by atoms with Gasteiger partial charge in [-0.05, 0) is 31.7 Å². The Morgan fingerprint density at radius 3 is 3.00 bits per heavy atom. The van der Waals surface area contributed by atoms with E-state index in [-0.39, 0.29) is 11.2 Å². The third-order valence-corrected chi connectivity index (χ3v) is 3.77. The Morgan fingerprint density at radius 1 is 1.59 bits per heavy atom. The number of carbonyl (C=O) groups excluding carboxylic acids is 1. The number of hydrogen-bond donors (Lipinski definition) is 1. The zero-order valence-corrected chi connectivity index (χ0v) is 10.5. The first kappa shape index (κ1) is 12.0. The van der Waals surface area contributed by atoms with E-state index in [1.54, 1.807) is 0 Å². The van der Waals surface area contributed by atoms with Gasteiger partial charge in [0, 0.05) is 11.4 Å². The average molecular weight is 247 g/mol. The van der Waals surface area contributed by atoms with Gasteiger partial charge in [-0.15, -0.1) is 11.8 Å². The molecule has 5 heteroatoms. The molecule has 0 saturated carbocycles. The standard InChI is InChI=1S/C12H13N3OS/c1-8-12(16)15(7-13)10-5-9(6-14-2)3-4-11(10)17-8/h3-5,8,14H,6H2,1-2H3. The quantitative estimate of drug-likeness (QED) is 0.808. The molecule has 4 nitrogen and oxygen atoms in total. The summed E-state index contributed by atoms with van der Waals surface area (Å²) in [4.78, 5) is 14.0. The number of carbonyl (C=O) groups is 1. The second-order valence-corrected chi connectivity index (χ2v) is 5.25. The Kier molecular flexibility index (Phi) is 3.36. The molecule has 1 N–H and O–H groups in total. The molecule has 0 saturated heterocycles. The van der Waals surface area contributed by atoms with Crippen molar-refractivity contribution in [2.24, 2.45) is 0 Å². The van der Waals surface area contributed by atoms with Crippen molar-refractivity contribution in [2.45, 2.75) is 23.6 Å². The van der Waals surface area contributed by atoms with Crippen LogP contribution in [0.5, 0.6) is 0 Å². The smallest absolute Gasteiger partial charge is 0.253 e. The SMILES string of the molecule is CNCc1ccc2c(c1)N(C#N)C(=O)C(C)S2. The maximum absolute atomic E-state index is 11.9. The molecule has 2 rings (SSSR count). The fraction of sp³-hybridized carbons (Fsp3) is 0.333. The highest BCUT2D eigenvalue weighted by atomic mass is 32.2. The molecular formula is C12H13N3OS. The minimum Gasteiger partial charge on any atom is -0.316 e. The van der Waals surface area contributed by atoms with Gasteiger partial charge in [-0.25, -0.2) is 4.90 Å². The van der Waals surface area contributed by atoms with Gasteiger partial charge in [-0.2, -0.15) is 5.26 Å². The molecule has 1 aromatic rings. The second kappa shape index (κ2) is 4.78. The molecule has 1 aliphatic rings. The Balaban J connectivity index is 2.45. The van der Waals surface area contributed by atoms with E-state index in [0.29, 0.717) is 5.69 Å². The van der Waals surface area contributed by atoms with Gasteiger partial charge in [0.1, 0.15) is 0 Å². The second-order valence-electron chi connectivity index (χ2n) is 3.87. The lowest BCUT2D eigenvalue weighted by molar-refractivity contribution is -0.117. The number of fused-ring (bicyclic) bond motifs is 1. The van der Waals surface area contributed by atoms with Crippen LogP contribution in [-0.2, 0) is 11.3 Å². The van der Waals surface area contributed by atoms with Crippen LogP contribution >= 0.6 is 11.8 Å². The van der Waals surface area contributed by atoms with Crippen LogP contribution in [0.4, 0.5) is 5.69 Å². The summed E-state index contributed by atoms with van der Waals surface area (Å²) in [6, 6.07) is 5.88. The van der Waals surface area contributed by atoms with Gasteiger partial charge in [-0.3, -0.25) is 4.79 Å². The van der Waals surface area contributed by atoms with E-state index < -0.39 is 0 Å². The van der Waals surface area contributed by atoms with Crippen molar-refractivity contribution in [3.63, 3.8) is 0 Å². The Bertz CT molecular complexity index is 495. The summed E-state index contributed by atoms with van der Waals surface area (Å²) in [5, 5.41) is 11.9. The molecule has 1 unspecified atom stereocenters. The van der Waals surface area contributed by atoms with Gasteiger partial charge in [0.25, 0.3) is 5.91 Å². The van der Waals surface area contributed by atoms with Gasteiger partial charge < -0.3 is 5.32 Å². The van der Waals surface area contributed by atoms with Crippen LogP contribution < -0.4 is 10.2 Å². The molecule has 1 atom stereocenters. The lowest BCUT2D eigenvalue weighted by Gasteiger charge is -2.27. The van der Waals surface area contributed by atoms with Crippen molar-refractivity contribution in [3.8, 4) is 6.19 Å². The first-order chi connectivity index (χ1) is 8.17. The lowest BCUT2D eigenvalue weighted by atomic mass is 10.1. The molecule has 0 aliphatic carbocycles.